The van der Waals surface area contributed by atoms with Crippen molar-refractivity contribution in [3.8, 4) is 23.4 Å². The summed E-state index contributed by atoms with van der Waals surface area (Å²) in [6.07, 6.45) is 0. The quantitative estimate of drug-likeness (QED) is 0.740. The van der Waals surface area contributed by atoms with Gasteiger partial charge in [0, 0.05) is 18.2 Å². The number of nitrogens with one attached hydrogen (secondary N) is 1. The number of benzene rings is 1. The molecule has 0 saturated carbocycles. The largest absolute Gasteiger partial charge is 0.486 e. The molecule has 0 atom stereocenters. The van der Waals surface area contributed by atoms with Gasteiger partial charge in [0.15, 0.2) is 16.6 Å². The molecule has 4 rings (SSSR count). The summed E-state index contributed by atoms with van der Waals surface area (Å²) in [5.74, 6) is 1.11. The Kier molecular flexibility index (Phi) is 4.17. The number of carbonyl (C=O) groups excluding carboxylic acids is 1. The van der Waals surface area contributed by atoms with Crippen molar-refractivity contribution >= 4 is 32.6 Å². The van der Waals surface area contributed by atoms with Gasteiger partial charge in [-0.15, -0.1) is 0 Å². The van der Waals surface area contributed by atoms with Crippen LogP contribution in [0.1, 0.15) is 10.5 Å². The lowest BCUT2D eigenvalue weighted by Crippen LogP contribution is -2.15. The third-order valence-corrected chi connectivity index (χ3v) is 4.51. The van der Waals surface area contributed by atoms with Gasteiger partial charge in [0.1, 0.15) is 18.9 Å². The first kappa shape index (κ1) is 16.3. The molecule has 9 nitrogen and oxygen atoms in total. The zero-order valence-corrected chi connectivity index (χ0v) is 14.8. The third-order valence-electron chi connectivity index (χ3n) is 3.58. The maximum atomic E-state index is 12.5. The Morgan fingerprint density at radius 1 is 1.08 bits per heavy atom. The van der Waals surface area contributed by atoms with Gasteiger partial charge in [-0.25, -0.2) is 4.98 Å². The number of carbonyl (C=O) groups is 1. The summed E-state index contributed by atoms with van der Waals surface area (Å²) in [6, 6.07) is 5.12. The summed E-state index contributed by atoms with van der Waals surface area (Å²) in [4.78, 5) is 24.9. The maximum absolute atomic E-state index is 12.5. The molecule has 0 radical (unpaired) electrons. The molecule has 0 unspecified atom stereocenters. The van der Waals surface area contributed by atoms with Gasteiger partial charge < -0.3 is 18.9 Å². The van der Waals surface area contributed by atoms with Crippen molar-refractivity contribution in [2.75, 3.05) is 32.8 Å². The smallest absolute Gasteiger partial charge is 0.320 e. The lowest BCUT2D eigenvalue weighted by molar-refractivity contribution is 0.102. The highest BCUT2D eigenvalue weighted by molar-refractivity contribution is 7.22. The fourth-order valence-corrected chi connectivity index (χ4v) is 3.27. The number of anilines is 1. The summed E-state index contributed by atoms with van der Waals surface area (Å²) in [6.45, 7) is 1.02. The van der Waals surface area contributed by atoms with Gasteiger partial charge in [0.25, 0.3) is 5.91 Å². The fraction of sp³-hybridized carbons (Fsp3) is 0.250. The van der Waals surface area contributed by atoms with Crippen molar-refractivity contribution in [2.45, 2.75) is 0 Å². The summed E-state index contributed by atoms with van der Waals surface area (Å²) < 4.78 is 22.0. The number of aromatic nitrogens is 3. The zero-order chi connectivity index (χ0) is 18.1. The molecule has 1 aromatic carbocycles. The van der Waals surface area contributed by atoms with Crippen LogP contribution >= 0.6 is 11.3 Å². The molecule has 26 heavy (non-hydrogen) atoms. The lowest BCUT2D eigenvalue weighted by atomic mass is 10.3. The van der Waals surface area contributed by atoms with Gasteiger partial charge in [0.2, 0.25) is 5.88 Å². The first-order valence-corrected chi connectivity index (χ1v) is 8.46. The van der Waals surface area contributed by atoms with E-state index < -0.39 is 5.91 Å². The van der Waals surface area contributed by atoms with E-state index in [1.165, 1.54) is 31.6 Å². The lowest BCUT2D eigenvalue weighted by Gasteiger charge is -2.17. The molecular weight excluding hydrogens is 360 g/mol. The van der Waals surface area contributed by atoms with Crippen LogP contribution in [-0.2, 0) is 0 Å². The normalized spacial score (nSPS) is 12.7. The number of methoxy groups -OCH3 is 2. The zero-order valence-electron chi connectivity index (χ0n) is 13.9. The average Bonchev–Trinajstić information content (AvgIpc) is 3.06. The molecule has 0 bridgehead atoms. The summed E-state index contributed by atoms with van der Waals surface area (Å²) >= 11 is 1.33. The monoisotopic (exact) mass is 374 g/mol. The third kappa shape index (κ3) is 3.06. The second-order valence-electron chi connectivity index (χ2n) is 5.22. The van der Waals surface area contributed by atoms with E-state index in [1.807, 2.05) is 6.07 Å². The minimum absolute atomic E-state index is 0.0424. The number of fused-ring (bicyclic) bond motifs is 2. The number of ether oxygens (including phenoxy) is 4. The van der Waals surface area contributed by atoms with E-state index in [-0.39, 0.29) is 17.6 Å². The molecule has 134 valence electrons. The standard InChI is InChI=1S/C16H14N4O5S/c1-22-13-6-9(17-15(19-13)23-2)14(21)20-16-18-8-5-10-11(7-12(8)26-16)25-4-3-24-10/h5-7H,3-4H2,1-2H3,(H,18,20,21). The van der Waals surface area contributed by atoms with E-state index in [9.17, 15) is 4.79 Å². The van der Waals surface area contributed by atoms with Crippen LogP contribution in [0.3, 0.4) is 0 Å². The average molecular weight is 374 g/mol. The minimum Gasteiger partial charge on any atom is -0.486 e. The van der Waals surface area contributed by atoms with Gasteiger partial charge in [-0.1, -0.05) is 11.3 Å². The molecule has 1 amide bonds. The molecule has 0 aliphatic carbocycles. The van der Waals surface area contributed by atoms with Crippen LogP contribution in [0.25, 0.3) is 10.2 Å². The highest BCUT2D eigenvalue weighted by atomic mass is 32.1. The number of nitrogens with zero attached hydrogens (tertiary/aromatic N) is 3. The fourth-order valence-electron chi connectivity index (χ4n) is 2.40. The minimum atomic E-state index is -0.444. The van der Waals surface area contributed by atoms with E-state index >= 15 is 0 Å². The second kappa shape index (κ2) is 6.64. The molecule has 0 spiro atoms. The van der Waals surface area contributed by atoms with Gasteiger partial charge in [0.05, 0.1) is 24.4 Å². The van der Waals surface area contributed by atoms with Crippen LogP contribution in [0, 0.1) is 0 Å². The predicted molar refractivity (Wildman–Crippen MR) is 93.7 cm³/mol. The van der Waals surface area contributed by atoms with Crippen LogP contribution in [0.15, 0.2) is 18.2 Å². The topological polar surface area (TPSA) is 105 Å². The molecule has 0 saturated heterocycles. The molecule has 2 aromatic heterocycles. The summed E-state index contributed by atoms with van der Waals surface area (Å²) in [7, 11) is 2.86. The van der Waals surface area contributed by atoms with E-state index in [0.717, 1.165) is 4.70 Å². The van der Waals surface area contributed by atoms with Crippen LogP contribution in [0.4, 0.5) is 5.13 Å². The van der Waals surface area contributed by atoms with Gasteiger partial charge in [-0.2, -0.15) is 9.97 Å². The van der Waals surface area contributed by atoms with Gasteiger partial charge in [-0.05, 0) is 0 Å². The Morgan fingerprint density at radius 2 is 1.85 bits per heavy atom. The molecule has 0 fully saturated rings. The Balaban J connectivity index is 1.61. The first-order valence-electron chi connectivity index (χ1n) is 7.65. The first-order chi connectivity index (χ1) is 12.7. The van der Waals surface area contributed by atoms with E-state index in [2.05, 4.69) is 20.3 Å². The van der Waals surface area contributed by atoms with Crippen LogP contribution in [-0.4, -0.2) is 48.3 Å². The van der Waals surface area contributed by atoms with E-state index in [0.29, 0.717) is 35.4 Å². The Labute approximate surface area is 151 Å². The molecule has 1 aliphatic rings. The van der Waals surface area contributed by atoms with Crippen molar-refractivity contribution in [3.63, 3.8) is 0 Å². The summed E-state index contributed by atoms with van der Waals surface area (Å²) in [5.41, 5.74) is 0.825. The van der Waals surface area contributed by atoms with Crippen LogP contribution in [0.2, 0.25) is 0 Å². The van der Waals surface area contributed by atoms with E-state index in [1.54, 1.807) is 6.07 Å². The van der Waals surface area contributed by atoms with Crippen LogP contribution in [0.5, 0.6) is 23.4 Å². The number of rotatable bonds is 4. The van der Waals surface area contributed by atoms with E-state index in [4.69, 9.17) is 18.9 Å². The second-order valence-corrected chi connectivity index (χ2v) is 6.25. The van der Waals surface area contributed by atoms with Crippen LogP contribution < -0.4 is 24.3 Å². The molecule has 1 aliphatic heterocycles. The molecular formula is C16H14N4O5S. The predicted octanol–water partition coefficient (Wildman–Crippen LogP) is 2.13. The van der Waals surface area contributed by atoms with Crippen molar-refractivity contribution in [1.82, 2.24) is 15.0 Å². The highest BCUT2D eigenvalue weighted by Gasteiger charge is 2.18. The summed E-state index contributed by atoms with van der Waals surface area (Å²) in [5, 5.41) is 3.16. The van der Waals surface area contributed by atoms with Gasteiger partial charge in [-0.3, -0.25) is 10.1 Å². The Morgan fingerprint density at radius 3 is 2.58 bits per heavy atom. The number of hydrogen-bond acceptors (Lipinski definition) is 9. The number of thiazole rings is 1. The molecule has 3 aromatic rings. The SMILES string of the molecule is COc1cc(C(=O)Nc2nc3cc4c(cc3s2)OCCO4)nc(OC)n1. The molecule has 3 heterocycles. The van der Waals surface area contributed by atoms with Crippen molar-refractivity contribution in [3.05, 3.63) is 23.9 Å². The molecule has 1 N–H and O–H groups in total. The highest BCUT2D eigenvalue weighted by Crippen LogP contribution is 2.37. The maximum Gasteiger partial charge on any atom is 0.320 e. The number of amides is 1. The van der Waals surface area contributed by atoms with Crippen molar-refractivity contribution < 1.29 is 23.7 Å². The Bertz CT molecular complexity index is 925. The Hall–Kier alpha value is -3.14. The number of hydrogen-bond donors (Lipinski definition) is 1. The molecule has 10 heteroatoms. The van der Waals surface area contributed by atoms with Crippen molar-refractivity contribution in [2.24, 2.45) is 0 Å². The van der Waals surface area contributed by atoms with Crippen molar-refractivity contribution in [1.29, 1.82) is 0 Å². The van der Waals surface area contributed by atoms with Gasteiger partial charge >= 0.3 is 6.01 Å².